The molecule has 0 aliphatic rings. The van der Waals surface area contributed by atoms with Crippen LogP contribution in [0.5, 0.6) is 0 Å². The van der Waals surface area contributed by atoms with E-state index in [2.05, 4.69) is 6.92 Å². The van der Waals surface area contributed by atoms with Gasteiger partial charge in [-0.25, -0.2) is 0 Å². The second-order valence-electron chi connectivity index (χ2n) is 4.37. The molecule has 0 fully saturated rings. The van der Waals surface area contributed by atoms with Crippen LogP contribution < -0.4 is 0 Å². The molecule has 1 heterocycles. The minimum Gasteiger partial charge on any atom is -0.461 e. The molecule has 0 radical (unpaired) electrons. The van der Waals surface area contributed by atoms with E-state index < -0.39 is 0 Å². The molecule has 0 aliphatic heterocycles. The molecule has 0 bridgehead atoms. The van der Waals surface area contributed by atoms with Crippen LogP contribution in [-0.4, -0.2) is 18.5 Å². The first kappa shape index (κ1) is 14.0. The molecule has 1 unspecified atom stereocenters. The average molecular weight is 238 g/mol. The van der Waals surface area contributed by atoms with Crippen LogP contribution in [0.3, 0.4) is 0 Å². The van der Waals surface area contributed by atoms with Gasteiger partial charge in [0.2, 0.25) is 5.78 Å². The smallest absolute Gasteiger partial charge is 0.223 e. The standard InChI is InChI=1S/C14H22O3/c1-3-4-5-6-8-12(2)17-11-13(15)14-9-7-10-16-14/h7,9-10,12H,3-6,8,11H2,1-2H3. The normalized spacial score (nSPS) is 12.6. The highest BCUT2D eigenvalue weighted by atomic mass is 16.5. The number of ether oxygens (including phenoxy) is 1. The number of hydrogen-bond donors (Lipinski definition) is 0. The molecule has 1 rings (SSSR count). The molecule has 0 aromatic carbocycles. The fraction of sp³-hybridized carbons (Fsp3) is 0.643. The van der Waals surface area contributed by atoms with Crippen LogP contribution in [0.4, 0.5) is 0 Å². The minimum absolute atomic E-state index is 0.0876. The second kappa shape index (κ2) is 8.07. The lowest BCUT2D eigenvalue weighted by atomic mass is 10.1. The van der Waals surface area contributed by atoms with Crippen molar-refractivity contribution in [2.45, 2.75) is 52.1 Å². The van der Waals surface area contributed by atoms with Gasteiger partial charge in [-0.3, -0.25) is 4.79 Å². The molecule has 0 amide bonds. The number of rotatable bonds is 9. The Bertz CT molecular complexity index is 303. The number of unbranched alkanes of at least 4 members (excludes halogenated alkanes) is 3. The fourth-order valence-corrected chi connectivity index (χ4v) is 1.67. The Morgan fingerprint density at radius 2 is 2.24 bits per heavy atom. The molecule has 1 aromatic rings. The third kappa shape index (κ3) is 5.68. The lowest BCUT2D eigenvalue weighted by Crippen LogP contribution is -2.15. The van der Waals surface area contributed by atoms with Crippen molar-refractivity contribution < 1.29 is 13.9 Å². The summed E-state index contributed by atoms with van der Waals surface area (Å²) in [5.41, 5.74) is 0. The molecule has 3 nitrogen and oxygen atoms in total. The van der Waals surface area contributed by atoms with Crippen LogP contribution in [0.15, 0.2) is 22.8 Å². The van der Waals surface area contributed by atoms with Crippen molar-refractivity contribution in [2.24, 2.45) is 0 Å². The Kier molecular flexibility index (Phi) is 6.63. The van der Waals surface area contributed by atoms with Crippen molar-refractivity contribution in [2.75, 3.05) is 6.61 Å². The maximum atomic E-state index is 11.6. The number of ketones is 1. The number of Topliss-reactive ketones (excluding diaryl/α,β-unsaturated/α-hetero) is 1. The molecule has 17 heavy (non-hydrogen) atoms. The highest BCUT2D eigenvalue weighted by Gasteiger charge is 2.11. The molecule has 0 aliphatic carbocycles. The molecule has 1 atom stereocenters. The predicted octanol–water partition coefficient (Wildman–Crippen LogP) is 3.84. The van der Waals surface area contributed by atoms with Gasteiger partial charge in [0, 0.05) is 0 Å². The molecule has 0 spiro atoms. The zero-order valence-electron chi connectivity index (χ0n) is 10.8. The zero-order valence-corrected chi connectivity index (χ0v) is 10.8. The van der Waals surface area contributed by atoms with E-state index >= 15 is 0 Å². The van der Waals surface area contributed by atoms with Crippen LogP contribution in [0.2, 0.25) is 0 Å². The summed E-state index contributed by atoms with van der Waals surface area (Å²) in [4.78, 5) is 11.6. The third-order valence-corrected chi connectivity index (χ3v) is 2.76. The highest BCUT2D eigenvalue weighted by Crippen LogP contribution is 2.09. The molecule has 0 N–H and O–H groups in total. The Hall–Kier alpha value is -1.09. The summed E-state index contributed by atoms with van der Waals surface area (Å²) in [5.74, 6) is 0.290. The van der Waals surface area contributed by atoms with E-state index in [9.17, 15) is 4.79 Å². The van der Waals surface area contributed by atoms with Crippen molar-refractivity contribution in [3.8, 4) is 0 Å². The largest absolute Gasteiger partial charge is 0.461 e. The summed E-state index contributed by atoms with van der Waals surface area (Å²) in [6, 6.07) is 3.37. The van der Waals surface area contributed by atoms with E-state index in [1.54, 1.807) is 12.1 Å². The number of hydrogen-bond acceptors (Lipinski definition) is 3. The van der Waals surface area contributed by atoms with Crippen molar-refractivity contribution in [1.82, 2.24) is 0 Å². The number of furan rings is 1. The lowest BCUT2D eigenvalue weighted by Gasteiger charge is -2.11. The molecule has 0 saturated heterocycles. The first-order valence-corrected chi connectivity index (χ1v) is 6.42. The van der Waals surface area contributed by atoms with E-state index in [1.165, 1.54) is 31.9 Å². The van der Waals surface area contributed by atoms with E-state index in [0.29, 0.717) is 5.76 Å². The monoisotopic (exact) mass is 238 g/mol. The van der Waals surface area contributed by atoms with Gasteiger partial charge in [-0.05, 0) is 25.5 Å². The molecule has 1 aromatic heterocycles. The Labute approximate surface area is 103 Å². The van der Waals surface area contributed by atoms with E-state index in [-0.39, 0.29) is 18.5 Å². The summed E-state index contributed by atoms with van der Waals surface area (Å²) in [6.45, 7) is 4.33. The predicted molar refractivity (Wildman–Crippen MR) is 67.2 cm³/mol. The van der Waals surface area contributed by atoms with Gasteiger partial charge in [-0.2, -0.15) is 0 Å². The summed E-state index contributed by atoms with van der Waals surface area (Å²) in [6.07, 6.45) is 7.60. The first-order valence-electron chi connectivity index (χ1n) is 6.42. The second-order valence-corrected chi connectivity index (χ2v) is 4.37. The van der Waals surface area contributed by atoms with Crippen molar-refractivity contribution in [3.63, 3.8) is 0 Å². The summed E-state index contributed by atoms with van der Waals surface area (Å²) < 4.78 is 10.5. The van der Waals surface area contributed by atoms with Gasteiger partial charge in [0.1, 0.15) is 6.61 Å². The van der Waals surface area contributed by atoms with Gasteiger partial charge in [-0.1, -0.05) is 32.6 Å². The van der Waals surface area contributed by atoms with Gasteiger partial charge in [0.05, 0.1) is 12.4 Å². The Morgan fingerprint density at radius 3 is 2.88 bits per heavy atom. The molecule has 3 heteroatoms. The minimum atomic E-state index is -0.0876. The number of carbonyl (C=O) groups excluding carboxylic acids is 1. The Morgan fingerprint density at radius 1 is 1.41 bits per heavy atom. The van der Waals surface area contributed by atoms with Crippen molar-refractivity contribution >= 4 is 5.78 Å². The molecule has 96 valence electrons. The summed E-state index contributed by atoms with van der Waals surface area (Å²) >= 11 is 0. The van der Waals surface area contributed by atoms with E-state index in [0.717, 1.165) is 6.42 Å². The zero-order chi connectivity index (χ0) is 12.5. The highest BCUT2D eigenvalue weighted by molar-refractivity contribution is 5.94. The van der Waals surface area contributed by atoms with Crippen molar-refractivity contribution in [1.29, 1.82) is 0 Å². The lowest BCUT2D eigenvalue weighted by molar-refractivity contribution is 0.0464. The van der Waals surface area contributed by atoms with Gasteiger partial charge in [0.15, 0.2) is 5.76 Å². The van der Waals surface area contributed by atoms with Crippen LogP contribution >= 0.6 is 0 Å². The van der Waals surface area contributed by atoms with Crippen LogP contribution in [0, 0.1) is 0 Å². The Balaban J connectivity index is 2.11. The van der Waals surface area contributed by atoms with Gasteiger partial charge < -0.3 is 9.15 Å². The quantitative estimate of drug-likeness (QED) is 0.484. The fourth-order valence-electron chi connectivity index (χ4n) is 1.67. The number of carbonyl (C=O) groups is 1. The maximum absolute atomic E-state index is 11.6. The average Bonchev–Trinajstić information content (AvgIpc) is 2.85. The van der Waals surface area contributed by atoms with Crippen LogP contribution in [0.1, 0.15) is 56.5 Å². The van der Waals surface area contributed by atoms with Gasteiger partial charge in [0.25, 0.3) is 0 Å². The van der Waals surface area contributed by atoms with Crippen LogP contribution in [-0.2, 0) is 4.74 Å². The molecular weight excluding hydrogens is 216 g/mol. The summed E-state index contributed by atoms with van der Waals surface area (Å²) in [7, 11) is 0. The topological polar surface area (TPSA) is 39.4 Å². The van der Waals surface area contributed by atoms with Gasteiger partial charge in [-0.15, -0.1) is 0 Å². The van der Waals surface area contributed by atoms with Gasteiger partial charge >= 0.3 is 0 Å². The van der Waals surface area contributed by atoms with Crippen LogP contribution in [0.25, 0.3) is 0 Å². The van der Waals surface area contributed by atoms with Crippen molar-refractivity contribution in [3.05, 3.63) is 24.2 Å². The maximum Gasteiger partial charge on any atom is 0.223 e. The first-order chi connectivity index (χ1) is 8.24. The van der Waals surface area contributed by atoms with E-state index in [1.807, 2.05) is 6.92 Å². The SMILES string of the molecule is CCCCCCC(C)OCC(=O)c1ccco1. The molecule has 0 saturated carbocycles. The summed E-state index contributed by atoms with van der Waals surface area (Å²) in [5, 5.41) is 0. The molecular formula is C14H22O3. The van der Waals surface area contributed by atoms with E-state index in [4.69, 9.17) is 9.15 Å². The third-order valence-electron chi connectivity index (χ3n) is 2.76.